The molecule has 0 unspecified atom stereocenters. The summed E-state index contributed by atoms with van der Waals surface area (Å²) in [6.45, 7) is 0. The van der Waals surface area contributed by atoms with Gasteiger partial charge in [0.2, 0.25) is 0 Å². The van der Waals surface area contributed by atoms with Gasteiger partial charge in [-0.1, -0.05) is 5.16 Å². The smallest absolute Gasteiger partial charge is 0.278 e. The molecule has 0 saturated heterocycles. The fourth-order valence-electron chi connectivity index (χ4n) is 2.22. The van der Waals surface area contributed by atoms with Crippen molar-refractivity contribution in [1.82, 2.24) is 5.16 Å². The van der Waals surface area contributed by atoms with Gasteiger partial charge in [-0.3, -0.25) is 10.1 Å². The van der Waals surface area contributed by atoms with E-state index in [-0.39, 0.29) is 16.9 Å². The molecule has 2 aromatic carbocycles. The predicted molar refractivity (Wildman–Crippen MR) is 83.5 cm³/mol. The lowest BCUT2D eigenvalue weighted by Crippen LogP contribution is -1.93. The number of nitrogens with zero attached hydrogens (tertiary/aromatic N) is 4. The summed E-state index contributed by atoms with van der Waals surface area (Å²) in [5.41, 5.74) is 1.80. The van der Waals surface area contributed by atoms with Gasteiger partial charge in [0, 0.05) is 17.7 Å². The van der Waals surface area contributed by atoms with E-state index in [4.69, 9.17) is 15.0 Å². The fourth-order valence-corrected chi connectivity index (χ4v) is 2.22. The summed E-state index contributed by atoms with van der Waals surface area (Å²) < 4.78 is 5.25. The molecule has 0 aliphatic rings. The zero-order chi connectivity index (χ0) is 17.1. The molecule has 0 bridgehead atoms. The van der Waals surface area contributed by atoms with Crippen LogP contribution in [0.15, 0.2) is 53.1 Å². The number of hydrogen-bond acceptors (Lipinski definition) is 6. The van der Waals surface area contributed by atoms with Gasteiger partial charge in [0.15, 0.2) is 5.76 Å². The topological polar surface area (TPSA) is 117 Å². The first kappa shape index (κ1) is 14.9. The number of hydrogen-bond donors (Lipinski definition) is 0. The minimum atomic E-state index is -0.535. The molecule has 24 heavy (non-hydrogen) atoms. The molecule has 0 spiro atoms. The van der Waals surface area contributed by atoms with Crippen molar-refractivity contribution in [3.05, 3.63) is 69.8 Å². The van der Waals surface area contributed by atoms with Crippen molar-refractivity contribution in [3.63, 3.8) is 0 Å². The van der Waals surface area contributed by atoms with Crippen molar-refractivity contribution < 1.29 is 9.45 Å². The highest BCUT2D eigenvalue weighted by Crippen LogP contribution is 2.32. The number of aromatic nitrogens is 1. The second kappa shape index (κ2) is 6.03. The first-order chi connectivity index (χ1) is 11.6. The third-order valence-corrected chi connectivity index (χ3v) is 3.41. The quantitative estimate of drug-likeness (QED) is 0.537. The largest absolute Gasteiger partial charge is 0.356 e. The normalized spacial score (nSPS) is 9.92. The fraction of sp³-hybridized carbons (Fsp3) is 0. The number of nitro benzene ring substituents is 1. The molecule has 0 N–H and O–H groups in total. The Bertz CT molecular complexity index is 1010. The lowest BCUT2D eigenvalue weighted by Gasteiger charge is -1.99. The van der Waals surface area contributed by atoms with Crippen molar-refractivity contribution in [1.29, 1.82) is 10.5 Å². The molecule has 114 valence electrons. The highest BCUT2D eigenvalue weighted by Gasteiger charge is 2.19. The van der Waals surface area contributed by atoms with Crippen LogP contribution in [-0.2, 0) is 0 Å². The van der Waals surface area contributed by atoms with Crippen molar-refractivity contribution in [2.75, 3.05) is 0 Å². The molecule has 0 aliphatic carbocycles. The Hall–Kier alpha value is -3.97. The van der Waals surface area contributed by atoms with E-state index >= 15 is 0 Å². The maximum Gasteiger partial charge on any atom is 0.278 e. The van der Waals surface area contributed by atoms with E-state index in [1.54, 1.807) is 30.3 Å². The Morgan fingerprint density at radius 1 is 1.00 bits per heavy atom. The van der Waals surface area contributed by atoms with E-state index in [1.165, 1.54) is 18.2 Å². The van der Waals surface area contributed by atoms with Gasteiger partial charge in [0.1, 0.15) is 5.69 Å². The van der Waals surface area contributed by atoms with Crippen molar-refractivity contribution in [2.24, 2.45) is 0 Å². The molecule has 0 fully saturated rings. The highest BCUT2D eigenvalue weighted by molar-refractivity contribution is 5.75. The van der Waals surface area contributed by atoms with Gasteiger partial charge in [-0.05, 0) is 36.4 Å². The molecule has 0 amide bonds. The summed E-state index contributed by atoms with van der Waals surface area (Å²) in [7, 11) is 0. The van der Waals surface area contributed by atoms with E-state index in [1.807, 2.05) is 12.1 Å². The van der Waals surface area contributed by atoms with Gasteiger partial charge in [0.05, 0.1) is 33.8 Å². The number of nitriles is 2. The van der Waals surface area contributed by atoms with Crippen LogP contribution in [0.4, 0.5) is 5.69 Å². The maximum absolute atomic E-state index is 11.2. The van der Waals surface area contributed by atoms with Crippen molar-refractivity contribution >= 4 is 5.69 Å². The lowest BCUT2D eigenvalue weighted by atomic mass is 10.0. The van der Waals surface area contributed by atoms with E-state index in [9.17, 15) is 10.1 Å². The minimum Gasteiger partial charge on any atom is -0.356 e. The van der Waals surface area contributed by atoms with Gasteiger partial charge >= 0.3 is 0 Å². The van der Waals surface area contributed by atoms with Gasteiger partial charge in [-0.15, -0.1) is 0 Å². The van der Waals surface area contributed by atoms with Gasteiger partial charge < -0.3 is 4.52 Å². The SMILES string of the molecule is N#Cc1ccc(-c2cc(-c3cc(C#N)ccc3[N+](=O)[O-])no2)cc1. The maximum atomic E-state index is 11.2. The molecule has 0 radical (unpaired) electrons. The molecule has 1 heterocycles. The first-order valence-electron chi connectivity index (χ1n) is 6.78. The Morgan fingerprint density at radius 2 is 1.67 bits per heavy atom. The van der Waals surface area contributed by atoms with Crippen LogP contribution in [0, 0.1) is 32.8 Å². The summed E-state index contributed by atoms with van der Waals surface area (Å²) in [5.74, 6) is 0.408. The average Bonchev–Trinajstić information content (AvgIpc) is 3.11. The molecular weight excluding hydrogens is 308 g/mol. The highest BCUT2D eigenvalue weighted by atomic mass is 16.6. The van der Waals surface area contributed by atoms with E-state index < -0.39 is 4.92 Å². The molecular formula is C17H8N4O3. The van der Waals surface area contributed by atoms with Crippen LogP contribution >= 0.6 is 0 Å². The van der Waals surface area contributed by atoms with Crippen LogP contribution in [0.25, 0.3) is 22.6 Å². The summed E-state index contributed by atoms with van der Waals surface area (Å²) in [6, 6.07) is 16.2. The second-order valence-corrected chi connectivity index (χ2v) is 4.87. The zero-order valence-electron chi connectivity index (χ0n) is 12.1. The lowest BCUT2D eigenvalue weighted by molar-refractivity contribution is -0.384. The summed E-state index contributed by atoms with van der Waals surface area (Å²) >= 11 is 0. The summed E-state index contributed by atoms with van der Waals surface area (Å²) in [5, 5.41) is 32.8. The Morgan fingerprint density at radius 3 is 2.29 bits per heavy atom. The summed E-state index contributed by atoms with van der Waals surface area (Å²) in [6.07, 6.45) is 0. The van der Waals surface area contributed by atoms with Gasteiger partial charge in [-0.2, -0.15) is 10.5 Å². The van der Waals surface area contributed by atoms with Crippen LogP contribution < -0.4 is 0 Å². The molecule has 7 heteroatoms. The predicted octanol–water partition coefficient (Wildman–Crippen LogP) is 3.66. The Kier molecular flexibility index (Phi) is 3.76. The zero-order valence-corrected chi connectivity index (χ0v) is 12.1. The monoisotopic (exact) mass is 316 g/mol. The van der Waals surface area contributed by atoms with Crippen LogP contribution in [0.5, 0.6) is 0 Å². The third-order valence-electron chi connectivity index (χ3n) is 3.41. The minimum absolute atomic E-state index is 0.159. The van der Waals surface area contributed by atoms with Crippen molar-refractivity contribution in [2.45, 2.75) is 0 Å². The van der Waals surface area contributed by atoms with Gasteiger partial charge in [-0.25, -0.2) is 0 Å². The second-order valence-electron chi connectivity index (χ2n) is 4.87. The molecule has 1 aromatic heterocycles. The number of nitro groups is 1. The Labute approximate surface area is 136 Å². The molecule has 0 atom stereocenters. The van der Waals surface area contributed by atoms with Crippen molar-refractivity contribution in [3.8, 4) is 34.7 Å². The van der Waals surface area contributed by atoms with E-state index in [0.29, 0.717) is 22.5 Å². The first-order valence-corrected chi connectivity index (χ1v) is 6.78. The van der Waals surface area contributed by atoms with E-state index in [0.717, 1.165) is 0 Å². The van der Waals surface area contributed by atoms with Gasteiger partial charge in [0.25, 0.3) is 5.69 Å². The number of benzene rings is 2. The Balaban J connectivity index is 2.06. The number of rotatable bonds is 3. The van der Waals surface area contributed by atoms with Crippen LogP contribution in [0.2, 0.25) is 0 Å². The van der Waals surface area contributed by atoms with Crippen LogP contribution in [0.1, 0.15) is 11.1 Å². The van der Waals surface area contributed by atoms with Crippen LogP contribution in [0.3, 0.4) is 0 Å². The standard InChI is InChI=1S/C17H8N4O3/c18-9-11-1-4-13(5-2-11)17-8-15(20-24-17)14-7-12(10-19)3-6-16(14)21(22)23/h1-8H. The third kappa shape index (κ3) is 2.70. The average molecular weight is 316 g/mol. The van der Waals surface area contributed by atoms with E-state index in [2.05, 4.69) is 5.16 Å². The molecule has 3 rings (SSSR count). The molecule has 0 aliphatic heterocycles. The molecule has 7 nitrogen and oxygen atoms in total. The van der Waals surface area contributed by atoms with Crippen LogP contribution in [-0.4, -0.2) is 10.1 Å². The summed E-state index contributed by atoms with van der Waals surface area (Å²) in [4.78, 5) is 10.6. The molecule has 0 saturated carbocycles. The molecule has 3 aromatic rings.